The summed E-state index contributed by atoms with van der Waals surface area (Å²) in [5.74, 6) is 0.177. The predicted octanol–water partition coefficient (Wildman–Crippen LogP) is 2.63. The van der Waals surface area contributed by atoms with Gasteiger partial charge in [0.05, 0.1) is 36.9 Å². The number of carbonyl (C=O) groups is 1. The molecule has 0 N–H and O–H groups in total. The molecule has 2 aromatic heterocycles. The topological polar surface area (TPSA) is 47.4 Å². The molecule has 1 atom stereocenters. The lowest BCUT2D eigenvalue weighted by Crippen LogP contribution is -2.37. The van der Waals surface area contributed by atoms with Crippen LogP contribution in [0.1, 0.15) is 38.5 Å². The Morgan fingerprint density at radius 1 is 1.52 bits per heavy atom. The summed E-state index contributed by atoms with van der Waals surface area (Å²) >= 11 is 1.65. The van der Waals surface area contributed by atoms with Crippen molar-refractivity contribution in [3.05, 3.63) is 39.3 Å². The number of amides is 1. The van der Waals surface area contributed by atoms with E-state index < -0.39 is 0 Å². The standard InChI is InChI=1S/C17H21N3O2S/c1-12-8-18-19(9-12)10-14-3-2-5-20(14)17(21)16-7-13-11-22-6-4-15(13)23-16/h7-9,14H,2-6,10-11H2,1H3. The second-order valence-corrected chi connectivity index (χ2v) is 7.53. The van der Waals surface area contributed by atoms with Crippen LogP contribution in [0.25, 0.3) is 0 Å². The van der Waals surface area contributed by atoms with Crippen LogP contribution >= 0.6 is 11.3 Å². The summed E-state index contributed by atoms with van der Waals surface area (Å²) in [7, 11) is 0. The minimum Gasteiger partial charge on any atom is -0.376 e. The normalized spacial score (nSPS) is 20.7. The SMILES string of the molecule is Cc1cnn(CC2CCCN2C(=O)c2cc3c(s2)CCOC3)c1. The van der Waals surface area contributed by atoms with Gasteiger partial charge in [-0.25, -0.2) is 0 Å². The molecule has 1 unspecified atom stereocenters. The molecule has 2 aliphatic heterocycles. The van der Waals surface area contributed by atoms with Gasteiger partial charge in [0.15, 0.2) is 0 Å². The summed E-state index contributed by atoms with van der Waals surface area (Å²) in [6.45, 7) is 5.09. The average molecular weight is 331 g/mol. The van der Waals surface area contributed by atoms with Crippen molar-refractivity contribution >= 4 is 17.2 Å². The van der Waals surface area contributed by atoms with Gasteiger partial charge in [0.25, 0.3) is 5.91 Å². The lowest BCUT2D eigenvalue weighted by molar-refractivity contribution is 0.0726. The summed E-state index contributed by atoms with van der Waals surface area (Å²) in [6, 6.07) is 2.28. The van der Waals surface area contributed by atoms with Gasteiger partial charge in [-0.1, -0.05) is 0 Å². The van der Waals surface area contributed by atoms with Crippen LogP contribution in [0.3, 0.4) is 0 Å². The zero-order chi connectivity index (χ0) is 15.8. The highest BCUT2D eigenvalue weighted by atomic mass is 32.1. The van der Waals surface area contributed by atoms with Crippen molar-refractivity contribution in [3.63, 3.8) is 0 Å². The van der Waals surface area contributed by atoms with Crippen molar-refractivity contribution in [2.75, 3.05) is 13.2 Å². The zero-order valence-electron chi connectivity index (χ0n) is 13.3. The Bertz CT molecular complexity index is 698. The first-order valence-electron chi connectivity index (χ1n) is 8.20. The van der Waals surface area contributed by atoms with Gasteiger partial charge in [0.1, 0.15) is 0 Å². The number of hydrogen-bond acceptors (Lipinski definition) is 4. The molecular formula is C17H21N3O2S. The fourth-order valence-electron chi connectivity index (χ4n) is 3.47. The van der Waals surface area contributed by atoms with Crippen LogP contribution in [0.2, 0.25) is 0 Å². The molecule has 5 nitrogen and oxygen atoms in total. The zero-order valence-corrected chi connectivity index (χ0v) is 14.1. The van der Waals surface area contributed by atoms with E-state index in [-0.39, 0.29) is 11.9 Å². The fraction of sp³-hybridized carbons (Fsp3) is 0.529. The van der Waals surface area contributed by atoms with Gasteiger partial charge >= 0.3 is 0 Å². The lowest BCUT2D eigenvalue weighted by Gasteiger charge is -2.24. The van der Waals surface area contributed by atoms with Crippen LogP contribution in [0, 0.1) is 6.92 Å². The Hall–Kier alpha value is -1.66. The third-order valence-electron chi connectivity index (χ3n) is 4.64. The van der Waals surface area contributed by atoms with E-state index >= 15 is 0 Å². The number of carbonyl (C=O) groups excluding carboxylic acids is 1. The van der Waals surface area contributed by atoms with Gasteiger partial charge in [-0.3, -0.25) is 9.48 Å². The van der Waals surface area contributed by atoms with Gasteiger partial charge in [-0.05, 0) is 37.0 Å². The number of nitrogens with zero attached hydrogens (tertiary/aromatic N) is 3. The third kappa shape index (κ3) is 2.93. The minimum atomic E-state index is 0.177. The van der Waals surface area contributed by atoms with Crippen LogP contribution in [-0.2, 0) is 24.3 Å². The monoisotopic (exact) mass is 331 g/mol. The summed E-state index contributed by atoms with van der Waals surface area (Å²) in [5, 5.41) is 4.36. The van der Waals surface area contributed by atoms with Crippen LogP contribution in [0.4, 0.5) is 0 Å². The number of ether oxygens (including phenoxy) is 1. The first-order valence-corrected chi connectivity index (χ1v) is 9.02. The van der Waals surface area contributed by atoms with Gasteiger partial charge < -0.3 is 9.64 Å². The second-order valence-electron chi connectivity index (χ2n) is 6.40. The fourth-order valence-corrected chi connectivity index (χ4v) is 4.58. The number of fused-ring (bicyclic) bond motifs is 1. The summed E-state index contributed by atoms with van der Waals surface area (Å²) < 4.78 is 7.44. The van der Waals surface area contributed by atoms with Gasteiger partial charge in [0, 0.05) is 24.0 Å². The third-order valence-corrected chi connectivity index (χ3v) is 5.86. The van der Waals surface area contributed by atoms with Crippen molar-refractivity contribution in [3.8, 4) is 0 Å². The lowest BCUT2D eigenvalue weighted by atomic mass is 10.2. The van der Waals surface area contributed by atoms with E-state index in [0.717, 1.165) is 49.4 Å². The number of likely N-dealkylation sites (tertiary alicyclic amines) is 1. The second kappa shape index (κ2) is 6.09. The van der Waals surface area contributed by atoms with Gasteiger partial charge in [0.2, 0.25) is 0 Å². The molecule has 0 radical (unpaired) electrons. The van der Waals surface area contributed by atoms with E-state index in [9.17, 15) is 4.79 Å². The Morgan fingerprint density at radius 3 is 3.22 bits per heavy atom. The molecule has 0 saturated carbocycles. The highest BCUT2D eigenvalue weighted by Crippen LogP contribution is 2.30. The Balaban J connectivity index is 1.51. The van der Waals surface area contributed by atoms with E-state index in [1.54, 1.807) is 11.3 Å². The maximum Gasteiger partial charge on any atom is 0.264 e. The van der Waals surface area contributed by atoms with Crippen molar-refractivity contribution in [1.82, 2.24) is 14.7 Å². The first-order chi connectivity index (χ1) is 11.2. The molecule has 0 spiro atoms. The van der Waals surface area contributed by atoms with Crippen LogP contribution in [0.15, 0.2) is 18.5 Å². The molecule has 2 aromatic rings. The van der Waals surface area contributed by atoms with Crippen molar-refractivity contribution in [2.45, 2.75) is 45.4 Å². The number of aromatic nitrogens is 2. The first kappa shape index (κ1) is 14.9. The molecule has 1 fully saturated rings. The highest BCUT2D eigenvalue weighted by molar-refractivity contribution is 7.14. The van der Waals surface area contributed by atoms with E-state index in [0.29, 0.717) is 6.61 Å². The van der Waals surface area contributed by atoms with Crippen molar-refractivity contribution in [2.24, 2.45) is 0 Å². The smallest absolute Gasteiger partial charge is 0.264 e. The maximum atomic E-state index is 12.9. The molecule has 1 amide bonds. The molecule has 4 rings (SSSR count). The average Bonchev–Trinajstić information content (AvgIpc) is 3.26. The number of hydrogen-bond donors (Lipinski definition) is 0. The molecule has 0 aliphatic carbocycles. The molecule has 23 heavy (non-hydrogen) atoms. The summed E-state index contributed by atoms with van der Waals surface area (Å²) in [5.41, 5.74) is 2.36. The molecule has 4 heterocycles. The van der Waals surface area contributed by atoms with E-state index in [1.807, 2.05) is 35.0 Å². The Labute approximate surface area is 139 Å². The van der Waals surface area contributed by atoms with Gasteiger partial charge in [-0.15, -0.1) is 11.3 Å². The molecule has 0 bridgehead atoms. The molecule has 1 saturated heterocycles. The quantitative estimate of drug-likeness (QED) is 0.869. The van der Waals surface area contributed by atoms with E-state index in [4.69, 9.17) is 4.74 Å². The molecule has 2 aliphatic rings. The highest BCUT2D eigenvalue weighted by Gasteiger charge is 2.31. The van der Waals surface area contributed by atoms with Crippen LogP contribution in [-0.4, -0.2) is 39.8 Å². The summed E-state index contributed by atoms with van der Waals surface area (Å²) in [4.78, 5) is 17.2. The maximum absolute atomic E-state index is 12.9. The summed E-state index contributed by atoms with van der Waals surface area (Å²) in [6.07, 6.45) is 6.98. The molecule has 0 aromatic carbocycles. The minimum absolute atomic E-state index is 0.177. The Kier molecular flexibility index (Phi) is 3.95. The Morgan fingerprint density at radius 2 is 2.43 bits per heavy atom. The number of rotatable bonds is 3. The number of aryl methyl sites for hydroxylation is 1. The predicted molar refractivity (Wildman–Crippen MR) is 88.7 cm³/mol. The molecule has 122 valence electrons. The van der Waals surface area contributed by atoms with Crippen LogP contribution < -0.4 is 0 Å². The largest absolute Gasteiger partial charge is 0.376 e. The van der Waals surface area contributed by atoms with Crippen LogP contribution in [0.5, 0.6) is 0 Å². The van der Waals surface area contributed by atoms with Crippen molar-refractivity contribution < 1.29 is 9.53 Å². The van der Waals surface area contributed by atoms with E-state index in [2.05, 4.69) is 5.10 Å². The number of thiophene rings is 1. The van der Waals surface area contributed by atoms with Crippen molar-refractivity contribution in [1.29, 1.82) is 0 Å². The van der Waals surface area contributed by atoms with Gasteiger partial charge in [-0.2, -0.15) is 5.10 Å². The molecule has 6 heteroatoms. The molecular weight excluding hydrogens is 310 g/mol. The van der Waals surface area contributed by atoms with E-state index in [1.165, 1.54) is 10.4 Å².